The predicted molar refractivity (Wildman–Crippen MR) is 82.6 cm³/mol. The molecule has 0 spiro atoms. The second-order valence-electron chi connectivity index (χ2n) is 6.47. The minimum absolute atomic E-state index is 0.331. The molecule has 0 fully saturated rings. The lowest BCUT2D eigenvalue weighted by Gasteiger charge is -2.37. The van der Waals surface area contributed by atoms with Crippen LogP contribution < -0.4 is 0 Å². The van der Waals surface area contributed by atoms with Gasteiger partial charge in [-0.3, -0.25) is 4.79 Å². The lowest BCUT2D eigenvalue weighted by Crippen LogP contribution is -2.27. The normalized spacial score (nSPS) is 28.9. The van der Waals surface area contributed by atoms with Crippen molar-refractivity contribution in [3.63, 3.8) is 0 Å². The van der Waals surface area contributed by atoms with E-state index in [0.29, 0.717) is 12.3 Å². The molecular formula is C18H28O2. The van der Waals surface area contributed by atoms with Crippen LogP contribution in [0.4, 0.5) is 0 Å². The summed E-state index contributed by atoms with van der Waals surface area (Å²) in [7, 11) is 0. The second kappa shape index (κ2) is 7.66. The Morgan fingerprint density at radius 3 is 2.90 bits per heavy atom. The summed E-state index contributed by atoms with van der Waals surface area (Å²) in [6, 6.07) is 0. The van der Waals surface area contributed by atoms with Crippen LogP contribution in [0.5, 0.6) is 0 Å². The third-order valence-corrected chi connectivity index (χ3v) is 4.99. The van der Waals surface area contributed by atoms with Gasteiger partial charge in [0.15, 0.2) is 0 Å². The smallest absolute Gasteiger partial charge is 0.303 e. The molecular weight excluding hydrogens is 248 g/mol. The number of carboxylic acid groups (broad SMARTS) is 1. The zero-order valence-corrected chi connectivity index (χ0v) is 12.7. The van der Waals surface area contributed by atoms with Gasteiger partial charge >= 0.3 is 5.97 Å². The number of rotatable bonds is 7. The molecule has 3 atom stereocenters. The Morgan fingerprint density at radius 2 is 2.10 bits per heavy atom. The summed E-state index contributed by atoms with van der Waals surface area (Å²) in [5.41, 5.74) is 1.59. The molecule has 0 bridgehead atoms. The van der Waals surface area contributed by atoms with E-state index in [2.05, 4.69) is 25.2 Å². The number of carboxylic acids is 1. The fourth-order valence-electron chi connectivity index (χ4n) is 3.82. The maximum absolute atomic E-state index is 10.5. The van der Waals surface area contributed by atoms with Gasteiger partial charge in [-0.25, -0.2) is 0 Å². The van der Waals surface area contributed by atoms with Gasteiger partial charge in [0.2, 0.25) is 0 Å². The Kier molecular flexibility index (Phi) is 5.87. The Morgan fingerprint density at radius 1 is 1.30 bits per heavy atom. The first-order valence-electron chi connectivity index (χ1n) is 8.28. The highest BCUT2D eigenvalue weighted by atomic mass is 16.4. The first-order valence-corrected chi connectivity index (χ1v) is 8.28. The monoisotopic (exact) mass is 276 g/mol. The highest BCUT2D eigenvalue weighted by molar-refractivity contribution is 5.66. The molecule has 0 aromatic heterocycles. The average molecular weight is 276 g/mol. The average Bonchev–Trinajstić information content (AvgIpc) is 2.44. The van der Waals surface area contributed by atoms with Crippen LogP contribution in [0.2, 0.25) is 0 Å². The summed E-state index contributed by atoms with van der Waals surface area (Å²) in [4.78, 5) is 10.5. The summed E-state index contributed by atoms with van der Waals surface area (Å²) in [6.07, 6.45) is 17.1. The molecule has 0 aromatic carbocycles. The highest BCUT2D eigenvalue weighted by Crippen LogP contribution is 2.42. The van der Waals surface area contributed by atoms with Gasteiger partial charge in [0.05, 0.1) is 0 Å². The SMILES string of the molecule is CC1C=CC2=CCCCC2C1CCCCCCC(=O)O. The molecule has 2 aliphatic carbocycles. The molecule has 1 N–H and O–H groups in total. The van der Waals surface area contributed by atoms with Crippen LogP contribution in [0, 0.1) is 17.8 Å². The van der Waals surface area contributed by atoms with Crippen LogP contribution in [0.25, 0.3) is 0 Å². The van der Waals surface area contributed by atoms with Crippen LogP contribution in [0.15, 0.2) is 23.8 Å². The number of hydrogen-bond acceptors (Lipinski definition) is 1. The van der Waals surface area contributed by atoms with Crippen LogP contribution >= 0.6 is 0 Å². The van der Waals surface area contributed by atoms with E-state index in [4.69, 9.17) is 5.11 Å². The van der Waals surface area contributed by atoms with E-state index < -0.39 is 5.97 Å². The van der Waals surface area contributed by atoms with Gasteiger partial charge in [0.25, 0.3) is 0 Å². The van der Waals surface area contributed by atoms with E-state index >= 15 is 0 Å². The lowest BCUT2D eigenvalue weighted by molar-refractivity contribution is -0.137. The summed E-state index contributed by atoms with van der Waals surface area (Å²) in [6.45, 7) is 2.36. The third-order valence-electron chi connectivity index (χ3n) is 4.99. The molecule has 2 heteroatoms. The Balaban J connectivity index is 1.74. The van der Waals surface area contributed by atoms with Crippen molar-refractivity contribution in [2.75, 3.05) is 0 Å². The molecule has 112 valence electrons. The first kappa shape index (κ1) is 15.3. The molecule has 0 radical (unpaired) electrons. The van der Waals surface area contributed by atoms with Gasteiger partial charge < -0.3 is 5.11 Å². The molecule has 0 amide bonds. The Hall–Kier alpha value is -1.05. The fraction of sp³-hybridized carbons (Fsp3) is 0.722. The number of hydrogen-bond donors (Lipinski definition) is 1. The second-order valence-corrected chi connectivity index (χ2v) is 6.47. The summed E-state index contributed by atoms with van der Waals surface area (Å²) < 4.78 is 0. The van der Waals surface area contributed by atoms with Crippen molar-refractivity contribution in [1.29, 1.82) is 0 Å². The topological polar surface area (TPSA) is 37.3 Å². The first-order chi connectivity index (χ1) is 9.68. The lowest BCUT2D eigenvalue weighted by atomic mass is 9.68. The molecule has 20 heavy (non-hydrogen) atoms. The van der Waals surface area contributed by atoms with Gasteiger partial charge in [-0.1, -0.05) is 44.4 Å². The highest BCUT2D eigenvalue weighted by Gasteiger charge is 2.31. The fourth-order valence-corrected chi connectivity index (χ4v) is 3.82. The van der Waals surface area contributed by atoms with E-state index in [9.17, 15) is 4.79 Å². The van der Waals surface area contributed by atoms with Crippen molar-refractivity contribution in [3.05, 3.63) is 23.8 Å². The molecule has 0 heterocycles. The van der Waals surface area contributed by atoms with Gasteiger partial charge in [0, 0.05) is 6.42 Å². The third kappa shape index (κ3) is 4.22. The summed E-state index contributed by atoms with van der Waals surface area (Å²) in [5, 5.41) is 8.62. The zero-order valence-electron chi connectivity index (χ0n) is 12.7. The number of carbonyl (C=O) groups is 1. The Bertz CT molecular complexity index is 381. The van der Waals surface area contributed by atoms with Crippen molar-refractivity contribution in [1.82, 2.24) is 0 Å². The van der Waals surface area contributed by atoms with Crippen molar-refractivity contribution in [2.24, 2.45) is 17.8 Å². The summed E-state index contributed by atoms with van der Waals surface area (Å²) >= 11 is 0. The Labute approximate surface area is 123 Å². The molecule has 2 rings (SSSR count). The quantitative estimate of drug-likeness (QED) is 0.667. The number of allylic oxidation sites excluding steroid dienone is 4. The van der Waals surface area contributed by atoms with Crippen LogP contribution in [-0.2, 0) is 4.79 Å². The van der Waals surface area contributed by atoms with Crippen LogP contribution in [0.3, 0.4) is 0 Å². The van der Waals surface area contributed by atoms with E-state index in [0.717, 1.165) is 24.7 Å². The molecule has 0 aliphatic heterocycles. The molecule has 0 saturated heterocycles. The molecule has 0 saturated carbocycles. The van der Waals surface area contributed by atoms with Crippen molar-refractivity contribution in [3.8, 4) is 0 Å². The minimum atomic E-state index is -0.659. The van der Waals surface area contributed by atoms with Gasteiger partial charge in [-0.15, -0.1) is 0 Å². The standard InChI is InChI=1S/C18H28O2/c1-14-12-13-15-8-6-7-10-17(15)16(14)9-4-2-3-5-11-18(19)20/h8,12-14,16-17H,2-7,9-11H2,1H3,(H,19,20). The molecule has 2 aliphatic rings. The number of aliphatic carboxylic acids is 1. The van der Waals surface area contributed by atoms with Gasteiger partial charge in [-0.2, -0.15) is 0 Å². The van der Waals surface area contributed by atoms with Gasteiger partial charge in [-0.05, 0) is 55.4 Å². The van der Waals surface area contributed by atoms with Crippen molar-refractivity contribution >= 4 is 5.97 Å². The molecule has 2 nitrogen and oxygen atoms in total. The van der Waals surface area contributed by atoms with E-state index in [1.54, 1.807) is 5.57 Å². The molecule has 3 unspecified atom stereocenters. The predicted octanol–water partition coefficient (Wildman–Crippen LogP) is 4.96. The number of unbranched alkanes of at least 4 members (excludes halogenated alkanes) is 3. The maximum atomic E-state index is 10.5. The van der Waals surface area contributed by atoms with Crippen LogP contribution in [0.1, 0.15) is 64.7 Å². The van der Waals surface area contributed by atoms with Crippen molar-refractivity contribution < 1.29 is 9.90 Å². The van der Waals surface area contributed by atoms with E-state index in [1.165, 1.54) is 38.5 Å². The van der Waals surface area contributed by atoms with E-state index in [1.807, 2.05) is 0 Å². The zero-order chi connectivity index (χ0) is 14.4. The summed E-state index contributed by atoms with van der Waals surface area (Å²) in [5.74, 6) is 1.65. The maximum Gasteiger partial charge on any atom is 0.303 e. The van der Waals surface area contributed by atoms with Crippen LogP contribution in [-0.4, -0.2) is 11.1 Å². The van der Waals surface area contributed by atoms with Crippen molar-refractivity contribution in [2.45, 2.75) is 64.7 Å². The van der Waals surface area contributed by atoms with E-state index in [-0.39, 0.29) is 0 Å². The molecule has 0 aromatic rings. The van der Waals surface area contributed by atoms with Gasteiger partial charge in [0.1, 0.15) is 0 Å². The largest absolute Gasteiger partial charge is 0.481 e. The minimum Gasteiger partial charge on any atom is -0.481 e. The number of fused-ring (bicyclic) bond motifs is 1.